The number of nitrogens with one attached hydrogen (secondary N) is 4. The maximum Gasteiger partial charge on any atom is 1.00 e. The molecule has 0 heterocycles. The van der Waals surface area contributed by atoms with Crippen LogP contribution in [0, 0.1) is 22.7 Å². The molecule has 0 radical (unpaired) electrons. The van der Waals surface area contributed by atoms with Crippen molar-refractivity contribution >= 4 is 83.3 Å². The number of hydrogen-bond donors (Lipinski definition) is 8. The summed E-state index contributed by atoms with van der Waals surface area (Å²) in [7, 11) is 0. The van der Waals surface area contributed by atoms with E-state index >= 15 is 0 Å². The minimum atomic E-state index is -1.43. The number of carboxylic acid groups (broad SMARTS) is 6. The van der Waals surface area contributed by atoms with Gasteiger partial charge in [-0.1, -0.05) is 143 Å². The predicted molar refractivity (Wildman–Crippen MR) is 339 cm³/mol. The largest absolute Gasteiger partial charge is 1.00 e. The third-order valence-electron chi connectivity index (χ3n) is 12.9. The molecule has 0 aromatic heterocycles. The Morgan fingerprint density at radius 3 is 1.04 bits per heavy atom. The maximum atomic E-state index is 13.1. The smallest absolute Gasteiger partial charge is 0.548 e. The van der Waals surface area contributed by atoms with Crippen molar-refractivity contribution in [1.82, 2.24) is 21.3 Å². The Hall–Kier alpha value is -8.02. The molecule has 0 saturated carbocycles. The number of aliphatic carboxylic acids is 6. The van der Waals surface area contributed by atoms with Crippen LogP contribution < -0.4 is 90.6 Å². The van der Waals surface area contributed by atoms with Gasteiger partial charge in [-0.15, -0.1) is 0 Å². The minimum Gasteiger partial charge on any atom is -0.548 e. The van der Waals surface area contributed by atoms with E-state index in [1.807, 2.05) is 18.2 Å². The molecule has 0 aliphatic rings. The molecule has 0 bridgehead atoms. The third-order valence-corrected chi connectivity index (χ3v) is 12.9. The Labute approximate surface area is 605 Å². The molecule has 6 unspecified atom stereocenters. The van der Waals surface area contributed by atoms with Crippen LogP contribution in [-0.4, -0.2) is 154 Å². The quantitative estimate of drug-likeness (QED) is 0.0115. The first-order valence-electron chi connectivity index (χ1n) is 28.7. The summed E-state index contributed by atoms with van der Waals surface area (Å²) in [6.07, 6.45) is 1.80. The standard InChI is InChI=1S/C34H50N2O12.C13H15NO3.C9H13NO5.C8H10O4.2CH4.2Na/c1-7-22(19-33(3,4)31(45)35-24(27(39)40)14-15-26(37)38)29(43)47-16-17-48-30(44)23(8-2)20-34(5,6)32(46)36-25(28(41)42)18-21-12-10-9-11-13-21;1-9(2)12(15)14-11(13(16)17)8-10-6-4-3-5-7-10;1-5(2)8(13)10-6(9(14)15)3-4-7(11)12;1-3-7(9)11-5-6-12-8(10)4-2;;;;/h9-13,22-25H,7-8,14-20H2,1-6H3,(H,35,45)(H,36,46)(H,37,38)(H,39,40)(H,41,42);3-7,11H,1,8H2,2H3,(H,14,15)(H,16,17);6H,1,3-4H2,2H3,(H,10,13)(H,11,12)(H,14,15);3-4H,1-2,5-6H2;2*1H4;;/q;;;;;;2*+1/p-2. The molecular weight excluding hydrogens is 1280 g/mol. The van der Waals surface area contributed by atoms with E-state index in [1.165, 1.54) is 27.7 Å². The van der Waals surface area contributed by atoms with Gasteiger partial charge >= 0.3 is 107 Å². The first-order valence-corrected chi connectivity index (χ1v) is 28.7. The fraction of sp³-hybridized carbons (Fsp3) is 0.485. The fourth-order valence-corrected chi connectivity index (χ4v) is 7.54. The van der Waals surface area contributed by atoms with Gasteiger partial charge in [0.05, 0.1) is 35.9 Å². The summed E-state index contributed by atoms with van der Waals surface area (Å²) in [6.45, 7) is 25.4. The van der Waals surface area contributed by atoms with Crippen molar-refractivity contribution in [2.75, 3.05) is 26.4 Å². The molecule has 8 N–H and O–H groups in total. The Morgan fingerprint density at radius 1 is 0.490 bits per heavy atom. The molecule has 4 amide bonds. The molecule has 0 aliphatic carbocycles. The van der Waals surface area contributed by atoms with Crippen molar-refractivity contribution in [2.24, 2.45) is 22.7 Å². The van der Waals surface area contributed by atoms with Crippen LogP contribution in [0.4, 0.5) is 0 Å². The van der Waals surface area contributed by atoms with Gasteiger partial charge < -0.3 is 80.4 Å². The Morgan fingerprint density at radius 2 is 0.771 bits per heavy atom. The molecule has 0 fully saturated rings. The van der Waals surface area contributed by atoms with Crippen molar-refractivity contribution in [1.29, 1.82) is 0 Å². The number of esters is 4. The molecule has 0 saturated heterocycles. The van der Waals surface area contributed by atoms with Gasteiger partial charge in [-0.05, 0) is 76.3 Å². The number of amides is 4. The van der Waals surface area contributed by atoms with Crippen LogP contribution in [0.5, 0.6) is 0 Å². The summed E-state index contributed by atoms with van der Waals surface area (Å²) in [5, 5.41) is 67.2. The topological polar surface area (TPSA) is 451 Å². The first-order chi connectivity index (χ1) is 42.9. The van der Waals surface area contributed by atoms with Crippen molar-refractivity contribution < 1.29 is 176 Å². The Kier molecular flexibility index (Phi) is 54.8. The summed E-state index contributed by atoms with van der Waals surface area (Å²) in [5.74, 6) is -13.7. The second-order valence-electron chi connectivity index (χ2n) is 21.7. The number of carbonyl (C=O) groups excluding carboxylic acids is 10. The van der Waals surface area contributed by atoms with Gasteiger partial charge in [-0.3, -0.25) is 38.4 Å². The van der Waals surface area contributed by atoms with Gasteiger partial charge in [0.1, 0.15) is 38.5 Å². The van der Waals surface area contributed by atoms with E-state index < -0.39 is 137 Å². The number of benzene rings is 2. The van der Waals surface area contributed by atoms with Gasteiger partial charge in [-0.25, -0.2) is 19.2 Å². The molecule has 2 aromatic carbocycles. The van der Waals surface area contributed by atoms with Crippen LogP contribution in [-0.2, 0) is 98.9 Å². The van der Waals surface area contributed by atoms with Crippen molar-refractivity contribution in [2.45, 2.75) is 159 Å². The molecular formula is C66H94N4Na2O24. The normalized spacial score (nSPS) is 11.9. The molecule has 0 aliphatic heterocycles. The van der Waals surface area contributed by atoms with Gasteiger partial charge in [0, 0.05) is 47.0 Å². The summed E-state index contributed by atoms with van der Waals surface area (Å²) in [4.78, 5) is 161. The van der Waals surface area contributed by atoms with Crippen molar-refractivity contribution in [3.63, 3.8) is 0 Å². The van der Waals surface area contributed by atoms with E-state index in [4.69, 9.17) is 24.8 Å². The van der Waals surface area contributed by atoms with Crippen molar-refractivity contribution in [3.05, 3.63) is 121 Å². The van der Waals surface area contributed by atoms with E-state index in [1.54, 1.807) is 70.2 Å². The summed E-state index contributed by atoms with van der Waals surface area (Å²) in [5.41, 5.74) is -0.354. The number of rotatable bonds is 38. The molecule has 0 spiro atoms. The summed E-state index contributed by atoms with van der Waals surface area (Å²) in [6, 6.07) is 12.9. The van der Waals surface area contributed by atoms with Crippen LogP contribution in [0.3, 0.4) is 0 Å². The second kappa shape index (κ2) is 53.2. The fourth-order valence-electron chi connectivity index (χ4n) is 7.54. The van der Waals surface area contributed by atoms with Crippen LogP contribution in [0.1, 0.15) is 133 Å². The summed E-state index contributed by atoms with van der Waals surface area (Å²) < 4.78 is 19.6. The van der Waals surface area contributed by atoms with E-state index in [0.717, 1.165) is 17.7 Å². The number of carbonyl (C=O) groups is 14. The number of hydrogen-bond acceptors (Lipinski definition) is 20. The third kappa shape index (κ3) is 44.6. The van der Waals surface area contributed by atoms with Crippen LogP contribution in [0.15, 0.2) is 110 Å². The van der Waals surface area contributed by atoms with Gasteiger partial charge in [-0.2, -0.15) is 0 Å². The van der Waals surface area contributed by atoms with Gasteiger partial charge in [0.15, 0.2) is 0 Å². The second-order valence-corrected chi connectivity index (χ2v) is 21.7. The molecule has 2 aromatic rings. The monoisotopic (exact) mass is 1370 g/mol. The molecule has 30 heteroatoms. The zero-order valence-corrected chi connectivity index (χ0v) is 59.1. The summed E-state index contributed by atoms with van der Waals surface area (Å²) >= 11 is 0. The molecule has 6 atom stereocenters. The zero-order chi connectivity index (χ0) is 70.9. The predicted octanol–water partition coefficient (Wildman–Crippen LogP) is -2.37. The molecule has 2 rings (SSSR count). The molecule has 28 nitrogen and oxygen atoms in total. The average Bonchev–Trinajstić information content (AvgIpc) is 0.873. The van der Waals surface area contributed by atoms with Gasteiger partial charge in [0.2, 0.25) is 23.6 Å². The zero-order valence-electron chi connectivity index (χ0n) is 55.1. The van der Waals surface area contributed by atoms with Crippen LogP contribution in [0.2, 0.25) is 0 Å². The van der Waals surface area contributed by atoms with Crippen LogP contribution in [0.25, 0.3) is 0 Å². The van der Waals surface area contributed by atoms with Crippen LogP contribution >= 0.6 is 0 Å². The van der Waals surface area contributed by atoms with Crippen molar-refractivity contribution in [3.8, 4) is 0 Å². The Balaban J connectivity index is -0.000000342. The average molecular weight is 1370 g/mol. The van der Waals surface area contributed by atoms with Gasteiger partial charge in [0.25, 0.3) is 0 Å². The molecule has 96 heavy (non-hydrogen) atoms. The minimum absolute atomic E-state index is 0. The SMILES string of the molecule is C.C.C=C(C)C(=O)NC(CCC(=O)O)C(=O)O.C=C(C)C(=O)NC(Cc1ccccc1)C(=O)[O-].C=CC(=O)OCCOC(=O)C=C.CCC(CC(C)(C)C(=O)NC(Cc1ccccc1)C(=O)[O-])C(=O)OCCOC(=O)C(CC)CC(C)(C)C(=O)NC(CCC(=O)O)C(=O)O.[Na+].[Na+]. The maximum absolute atomic E-state index is 13.1. The first kappa shape index (κ1) is 99.0. The van der Waals surface area contributed by atoms with E-state index in [0.29, 0.717) is 18.4 Å². The number of carboxylic acids is 6. The molecule has 524 valence electrons. The van der Waals surface area contributed by atoms with E-state index in [2.05, 4.69) is 57.1 Å². The van der Waals surface area contributed by atoms with E-state index in [-0.39, 0.29) is 156 Å². The number of ether oxygens (including phenoxy) is 4. The van der Waals surface area contributed by atoms with E-state index in [9.17, 15) is 82.4 Å². The Bertz CT molecular complexity index is 2860.